The van der Waals surface area contributed by atoms with Crippen LogP contribution in [0.2, 0.25) is 0 Å². The molecule has 0 N–H and O–H groups in total. The molecule has 4 fully saturated rings. The molecule has 0 aromatic rings. The van der Waals surface area contributed by atoms with Gasteiger partial charge in [0.2, 0.25) is 0 Å². The Morgan fingerprint density at radius 1 is 1.07 bits per heavy atom. The summed E-state index contributed by atoms with van der Waals surface area (Å²) in [5.41, 5.74) is 0.444. The van der Waals surface area contributed by atoms with E-state index in [1.807, 2.05) is 13.0 Å². The first-order valence-electron chi connectivity index (χ1n) is 15.0. The SMILES string of the molecule is CC(=O)OCC1=C(C)C[C@H]([C@@H](COC(C)=O)C2CCC3C4C[C@H]5O[C@]56CC=CC(=O)[C@]6(C)C4CC[C@@]32C)OC1=O. The number of fused-ring (bicyclic) bond motifs is 4. The van der Waals surface area contributed by atoms with Crippen molar-refractivity contribution >= 4 is 23.7 Å². The van der Waals surface area contributed by atoms with Crippen LogP contribution in [0.5, 0.6) is 0 Å². The van der Waals surface area contributed by atoms with E-state index in [4.69, 9.17) is 18.9 Å². The molecule has 0 amide bonds. The second kappa shape index (κ2) is 9.53. The number of hydrogen-bond acceptors (Lipinski definition) is 8. The summed E-state index contributed by atoms with van der Waals surface area (Å²) in [6.45, 7) is 9.28. The molecule has 0 bridgehead atoms. The first kappa shape index (κ1) is 27.7. The zero-order valence-electron chi connectivity index (χ0n) is 24.3. The van der Waals surface area contributed by atoms with Gasteiger partial charge in [0, 0.05) is 26.2 Å². The van der Waals surface area contributed by atoms with Crippen LogP contribution in [0.25, 0.3) is 0 Å². The van der Waals surface area contributed by atoms with Crippen LogP contribution < -0.4 is 0 Å². The number of rotatable bonds is 6. The van der Waals surface area contributed by atoms with Crippen LogP contribution in [0.4, 0.5) is 0 Å². The monoisotopic (exact) mass is 554 g/mol. The highest BCUT2D eigenvalue weighted by Gasteiger charge is 2.77. The normalized spacial score (nSPS) is 44.0. The molecule has 4 aliphatic carbocycles. The van der Waals surface area contributed by atoms with Gasteiger partial charge in [0.15, 0.2) is 5.78 Å². The first-order valence-corrected chi connectivity index (χ1v) is 15.0. The molecular weight excluding hydrogens is 512 g/mol. The molecule has 4 unspecified atom stereocenters. The second-order valence-electron chi connectivity index (χ2n) is 13.7. The highest BCUT2D eigenvalue weighted by molar-refractivity contribution is 5.97. The summed E-state index contributed by atoms with van der Waals surface area (Å²) in [6.07, 6.45) is 9.85. The number of carbonyl (C=O) groups excluding carboxylic acids is 4. The average Bonchev–Trinajstić information content (AvgIpc) is 3.48. The van der Waals surface area contributed by atoms with Crippen LogP contribution >= 0.6 is 0 Å². The van der Waals surface area contributed by atoms with Gasteiger partial charge < -0.3 is 18.9 Å². The maximum atomic E-state index is 13.4. The van der Waals surface area contributed by atoms with Crippen molar-refractivity contribution < 1.29 is 38.1 Å². The Bertz CT molecular complexity index is 1200. The molecule has 6 aliphatic rings. The molecule has 40 heavy (non-hydrogen) atoms. The van der Waals surface area contributed by atoms with Gasteiger partial charge in [0.05, 0.1) is 23.7 Å². The summed E-state index contributed by atoms with van der Waals surface area (Å²) >= 11 is 0. The molecule has 1 saturated heterocycles. The third kappa shape index (κ3) is 3.95. The lowest BCUT2D eigenvalue weighted by Crippen LogP contribution is -2.60. The van der Waals surface area contributed by atoms with E-state index in [2.05, 4.69) is 13.8 Å². The van der Waals surface area contributed by atoms with Crippen molar-refractivity contribution in [3.63, 3.8) is 0 Å². The number of ether oxygens (including phenoxy) is 4. The number of hydrogen-bond donors (Lipinski definition) is 0. The molecule has 0 aromatic heterocycles. The Morgan fingerprint density at radius 2 is 1.82 bits per heavy atom. The minimum Gasteiger partial charge on any atom is -0.465 e. The Kier molecular flexibility index (Phi) is 6.60. The lowest BCUT2D eigenvalue weighted by molar-refractivity contribution is -0.160. The van der Waals surface area contributed by atoms with Crippen LogP contribution in [0.1, 0.15) is 79.6 Å². The lowest BCUT2D eigenvalue weighted by atomic mass is 9.44. The molecule has 0 radical (unpaired) electrons. The highest BCUT2D eigenvalue weighted by Crippen LogP contribution is 2.73. The average molecular weight is 555 g/mol. The van der Waals surface area contributed by atoms with E-state index in [0.29, 0.717) is 29.7 Å². The number of esters is 3. The number of ketones is 1. The summed E-state index contributed by atoms with van der Waals surface area (Å²) in [5.74, 6) is 0.187. The van der Waals surface area contributed by atoms with Crippen LogP contribution in [0, 0.1) is 40.4 Å². The maximum absolute atomic E-state index is 13.4. The van der Waals surface area contributed by atoms with Gasteiger partial charge in [-0.05, 0) is 87.5 Å². The number of allylic oxidation sites excluding steroid dienone is 1. The minimum atomic E-state index is -0.467. The van der Waals surface area contributed by atoms with Crippen molar-refractivity contribution in [3.8, 4) is 0 Å². The summed E-state index contributed by atoms with van der Waals surface area (Å²) in [7, 11) is 0. The lowest BCUT2D eigenvalue weighted by Gasteiger charge is -2.57. The van der Waals surface area contributed by atoms with Gasteiger partial charge >= 0.3 is 17.9 Å². The fraction of sp³-hybridized carbons (Fsp3) is 0.750. The molecule has 8 nitrogen and oxygen atoms in total. The maximum Gasteiger partial charge on any atom is 0.337 e. The third-order valence-electron chi connectivity index (χ3n) is 12.1. The Labute approximate surface area is 236 Å². The summed E-state index contributed by atoms with van der Waals surface area (Å²) in [4.78, 5) is 49.7. The Balaban J connectivity index is 1.27. The van der Waals surface area contributed by atoms with Crippen LogP contribution in [0.15, 0.2) is 23.3 Å². The smallest absolute Gasteiger partial charge is 0.337 e. The zero-order chi connectivity index (χ0) is 28.6. The van der Waals surface area contributed by atoms with Crippen molar-refractivity contribution in [1.29, 1.82) is 0 Å². The molecule has 2 aliphatic heterocycles. The van der Waals surface area contributed by atoms with Gasteiger partial charge in [0.1, 0.15) is 18.3 Å². The van der Waals surface area contributed by atoms with E-state index in [0.717, 1.165) is 44.1 Å². The van der Waals surface area contributed by atoms with E-state index >= 15 is 0 Å². The molecule has 3 saturated carbocycles. The van der Waals surface area contributed by atoms with Crippen molar-refractivity contribution in [2.75, 3.05) is 13.2 Å². The molecule has 1 spiro atoms. The van der Waals surface area contributed by atoms with Gasteiger partial charge in [-0.25, -0.2) is 4.79 Å². The van der Waals surface area contributed by atoms with Gasteiger partial charge in [-0.15, -0.1) is 0 Å². The number of carbonyl (C=O) groups is 4. The van der Waals surface area contributed by atoms with Crippen LogP contribution in [-0.2, 0) is 38.1 Å². The predicted octanol–water partition coefficient (Wildman–Crippen LogP) is 4.50. The Hall–Kier alpha value is -2.48. The van der Waals surface area contributed by atoms with Crippen molar-refractivity contribution in [2.24, 2.45) is 40.4 Å². The third-order valence-corrected chi connectivity index (χ3v) is 12.1. The van der Waals surface area contributed by atoms with E-state index in [-0.39, 0.29) is 53.9 Å². The summed E-state index contributed by atoms with van der Waals surface area (Å²) in [5, 5.41) is 0. The molecule has 10 atom stereocenters. The van der Waals surface area contributed by atoms with E-state index in [1.165, 1.54) is 13.8 Å². The van der Waals surface area contributed by atoms with Gasteiger partial charge in [0.25, 0.3) is 0 Å². The van der Waals surface area contributed by atoms with E-state index < -0.39 is 23.5 Å². The standard InChI is InChI=1S/C32H42O8/c1-17-13-26(39-29(36)21(17)15-37-18(2)33)22(16-38-19(3)34)24-9-8-23-20-14-28-32(40-28)11-6-7-27(35)31(32,5)25(20)10-12-30(23,24)4/h6-7,20,22-26,28H,8-16H2,1-5H3/t20?,22-,23?,24?,25?,26+,28+,30-,31-,32+/m0/s1. The van der Waals surface area contributed by atoms with Crippen molar-refractivity contribution in [1.82, 2.24) is 0 Å². The molecular formula is C32H42O8. The highest BCUT2D eigenvalue weighted by atomic mass is 16.6. The topological polar surface area (TPSA) is 108 Å². The number of epoxide rings is 1. The minimum absolute atomic E-state index is 0.0210. The molecule has 8 heteroatoms. The summed E-state index contributed by atoms with van der Waals surface area (Å²) < 4.78 is 23.1. The predicted molar refractivity (Wildman–Crippen MR) is 144 cm³/mol. The van der Waals surface area contributed by atoms with Crippen molar-refractivity contribution in [2.45, 2.75) is 97.4 Å². The zero-order valence-corrected chi connectivity index (χ0v) is 24.3. The van der Waals surface area contributed by atoms with E-state index in [1.54, 1.807) is 6.08 Å². The summed E-state index contributed by atoms with van der Waals surface area (Å²) in [6, 6.07) is 0. The van der Waals surface area contributed by atoms with Crippen LogP contribution in [0.3, 0.4) is 0 Å². The van der Waals surface area contributed by atoms with Gasteiger partial charge in [-0.1, -0.05) is 18.6 Å². The van der Waals surface area contributed by atoms with Gasteiger partial charge in [-0.3, -0.25) is 14.4 Å². The molecule has 2 heterocycles. The quantitative estimate of drug-likeness (QED) is 0.268. The second-order valence-corrected chi connectivity index (χ2v) is 13.7. The number of cyclic esters (lactones) is 1. The molecule has 6 rings (SSSR count). The fourth-order valence-corrected chi connectivity index (χ4v) is 9.99. The fourth-order valence-electron chi connectivity index (χ4n) is 9.99. The molecule has 0 aromatic carbocycles. The Morgan fingerprint density at radius 3 is 2.52 bits per heavy atom. The largest absolute Gasteiger partial charge is 0.465 e. The van der Waals surface area contributed by atoms with Crippen LogP contribution in [-0.4, -0.2) is 54.7 Å². The van der Waals surface area contributed by atoms with E-state index in [9.17, 15) is 19.2 Å². The first-order chi connectivity index (χ1) is 18.9. The van der Waals surface area contributed by atoms with Gasteiger partial charge in [-0.2, -0.15) is 0 Å². The van der Waals surface area contributed by atoms with Crippen molar-refractivity contribution in [3.05, 3.63) is 23.3 Å². The molecule has 218 valence electrons.